The Bertz CT molecular complexity index is 1120. The molecule has 0 aliphatic heterocycles. The van der Waals surface area contributed by atoms with Crippen LogP contribution >= 0.6 is 11.3 Å². The molecule has 4 aromatic rings. The summed E-state index contributed by atoms with van der Waals surface area (Å²) in [4.78, 5) is 26.2. The van der Waals surface area contributed by atoms with Crippen molar-refractivity contribution < 1.29 is 9.59 Å². The fourth-order valence-corrected chi connectivity index (χ4v) is 3.82. The minimum Gasteiger partial charge on any atom is -0.339 e. The van der Waals surface area contributed by atoms with Crippen molar-refractivity contribution >= 4 is 39.6 Å². The second-order valence-corrected chi connectivity index (χ2v) is 7.69. The van der Waals surface area contributed by atoms with Gasteiger partial charge in [0.15, 0.2) is 0 Å². The van der Waals surface area contributed by atoms with E-state index >= 15 is 0 Å². The normalized spacial score (nSPS) is 11.7. The molecule has 0 bridgehead atoms. The molecule has 1 heterocycles. The second-order valence-electron chi connectivity index (χ2n) is 6.74. The number of rotatable bonds is 6. The van der Waals surface area contributed by atoms with Gasteiger partial charge in [-0.15, -0.1) is 11.3 Å². The maximum Gasteiger partial charge on any atom is 0.262 e. The number of nitrogens with one attached hydrogen (secondary N) is 2. The quantitative estimate of drug-likeness (QED) is 0.485. The van der Waals surface area contributed by atoms with Crippen molar-refractivity contribution in [1.82, 2.24) is 5.32 Å². The fraction of sp³-hybridized carbons (Fsp3) is 0.0833. The van der Waals surface area contributed by atoms with Crippen LogP contribution in [0.15, 0.2) is 90.3 Å². The largest absolute Gasteiger partial charge is 0.339 e. The number of benzene rings is 3. The minimum absolute atomic E-state index is 0.241. The third-order valence-corrected chi connectivity index (χ3v) is 5.54. The third kappa shape index (κ3) is 4.70. The lowest BCUT2D eigenvalue weighted by atomic mass is 10.0. The van der Waals surface area contributed by atoms with E-state index in [9.17, 15) is 9.59 Å². The van der Waals surface area contributed by atoms with Crippen LogP contribution in [0.4, 0.5) is 5.69 Å². The standard InChI is InChI=1S/C24H20N2O2S/c27-23(25-20-13-12-18-9-4-5-10-19(18)16-20)21(15-17-7-2-1-3-8-17)26-24(28)22-11-6-14-29-22/h1-14,16,21H,15H2,(H,25,27)(H,26,28)/t21-/m0/s1. The van der Waals surface area contributed by atoms with Gasteiger partial charge in [-0.2, -0.15) is 0 Å². The molecule has 0 fully saturated rings. The maximum absolute atomic E-state index is 13.0. The molecule has 1 aromatic heterocycles. The highest BCUT2D eigenvalue weighted by atomic mass is 32.1. The van der Waals surface area contributed by atoms with E-state index in [0.717, 1.165) is 16.3 Å². The van der Waals surface area contributed by atoms with Crippen LogP contribution in [0, 0.1) is 0 Å². The Morgan fingerprint density at radius 1 is 0.828 bits per heavy atom. The lowest BCUT2D eigenvalue weighted by Crippen LogP contribution is -2.45. The van der Waals surface area contributed by atoms with E-state index in [0.29, 0.717) is 17.0 Å². The van der Waals surface area contributed by atoms with Crippen LogP contribution in [0.1, 0.15) is 15.2 Å². The summed E-state index contributed by atoms with van der Waals surface area (Å²) >= 11 is 1.35. The molecule has 2 amide bonds. The van der Waals surface area contributed by atoms with Gasteiger partial charge in [0.05, 0.1) is 4.88 Å². The first-order valence-corrected chi connectivity index (χ1v) is 10.2. The Hall–Kier alpha value is -3.44. The molecule has 3 aromatic carbocycles. The average Bonchev–Trinajstić information content (AvgIpc) is 3.29. The number of hydrogen-bond acceptors (Lipinski definition) is 3. The first-order chi connectivity index (χ1) is 14.2. The molecule has 0 saturated heterocycles. The molecule has 5 heteroatoms. The predicted octanol–water partition coefficient (Wildman–Crippen LogP) is 4.88. The molecule has 4 nitrogen and oxygen atoms in total. The van der Waals surface area contributed by atoms with Crippen molar-refractivity contribution in [3.8, 4) is 0 Å². The number of carbonyl (C=O) groups is 2. The second kappa shape index (κ2) is 8.71. The average molecular weight is 401 g/mol. The zero-order chi connectivity index (χ0) is 20.1. The van der Waals surface area contributed by atoms with Gasteiger partial charge in [-0.05, 0) is 39.9 Å². The fourth-order valence-electron chi connectivity index (χ4n) is 3.19. The zero-order valence-electron chi connectivity index (χ0n) is 15.7. The number of anilines is 1. The Labute approximate surface area is 173 Å². The van der Waals surface area contributed by atoms with Crippen LogP contribution in [0.2, 0.25) is 0 Å². The molecule has 0 saturated carbocycles. The highest BCUT2D eigenvalue weighted by Crippen LogP contribution is 2.19. The van der Waals surface area contributed by atoms with E-state index in [1.54, 1.807) is 6.07 Å². The van der Waals surface area contributed by atoms with Crippen molar-refractivity contribution in [3.05, 3.63) is 101 Å². The number of fused-ring (bicyclic) bond motifs is 1. The Morgan fingerprint density at radius 3 is 2.34 bits per heavy atom. The highest BCUT2D eigenvalue weighted by Gasteiger charge is 2.22. The van der Waals surface area contributed by atoms with Crippen molar-refractivity contribution in [2.24, 2.45) is 0 Å². The number of amides is 2. The van der Waals surface area contributed by atoms with E-state index < -0.39 is 6.04 Å². The molecule has 1 atom stereocenters. The van der Waals surface area contributed by atoms with Crippen LogP contribution in [-0.4, -0.2) is 17.9 Å². The van der Waals surface area contributed by atoms with E-state index in [1.807, 2.05) is 84.2 Å². The summed E-state index contributed by atoms with van der Waals surface area (Å²) in [5, 5.41) is 9.84. The first kappa shape index (κ1) is 18.9. The van der Waals surface area contributed by atoms with Crippen molar-refractivity contribution in [2.45, 2.75) is 12.5 Å². The highest BCUT2D eigenvalue weighted by molar-refractivity contribution is 7.12. The van der Waals surface area contributed by atoms with Gasteiger partial charge in [-0.3, -0.25) is 9.59 Å². The number of hydrogen-bond donors (Lipinski definition) is 2. The number of carbonyl (C=O) groups excluding carboxylic acids is 2. The summed E-state index contributed by atoms with van der Waals surface area (Å²) in [7, 11) is 0. The van der Waals surface area contributed by atoms with Gasteiger partial charge in [0.1, 0.15) is 6.04 Å². The summed E-state index contributed by atoms with van der Waals surface area (Å²) in [5.74, 6) is -0.483. The van der Waals surface area contributed by atoms with Gasteiger partial charge in [0, 0.05) is 12.1 Å². The monoisotopic (exact) mass is 400 g/mol. The Balaban J connectivity index is 1.54. The topological polar surface area (TPSA) is 58.2 Å². The smallest absolute Gasteiger partial charge is 0.262 e. The molecular formula is C24H20N2O2S. The molecule has 2 N–H and O–H groups in total. The Kier molecular flexibility index (Phi) is 5.68. The molecule has 144 valence electrons. The van der Waals surface area contributed by atoms with Gasteiger partial charge in [-0.1, -0.05) is 66.7 Å². The number of thiophene rings is 1. The van der Waals surface area contributed by atoms with Crippen LogP contribution in [0.3, 0.4) is 0 Å². The van der Waals surface area contributed by atoms with Gasteiger partial charge in [0.25, 0.3) is 5.91 Å². The minimum atomic E-state index is -0.682. The summed E-state index contributed by atoms with van der Waals surface area (Å²) in [6.45, 7) is 0. The van der Waals surface area contributed by atoms with E-state index in [-0.39, 0.29) is 11.8 Å². The first-order valence-electron chi connectivity index (χ1n) is 9.37. The van der Waals surface area contributed by atoms with Gasteiger partial charge in [0.2, 0.25) is 5.91 Å². The molecule has 0 aliphatic carbocycles. The van der Waals surface area contributed by atoms with Crippen molar-refractivity contribution in [1.29, 1.82) is 0 Å². The summed E-state index contributed by atoms with van der Waals surface area (Å²) in [6, 6.07) is 26.3. The molecular weight excluding hydrogens is 380 g/mol. The molecule has 29 heavy (non-hydrogen) atoms. The van der Waals surface area contributed by atoms with Crippen LogP contribution in [0.25, 0.3) is 10.8 Å². The Morgan fingerprint density at radius 2 is 1.59 bits per heavy atom. The van der Waals surface area contributed by atoms with Crippen molar-refractivity contribution in [2.75, 3.05) is 5.32 Å². The predicted molar refractivity (Wildman–Crippen MR) is 118 cm³/mol. The molecule has 4 rings (SSSR count). The lowest BCUT2D eigenvalue weighted by Gasteiger charge is -2.18. The molecule has 0 unspecified atom stereocenters. The van der Waals surface area contributed by atoms with E-state index in [1.165, 1.54) is 11.3 Å². The van der Waals surface area contributed by atoms with E-state index in [4.69, 9.17) is 0 Å². The zero-order valence-corrected chi connectivity index (χ0v) is 16.5. The SMILES string of the molecule is O=C(N[C@@H](Cc1ccccc1)C(=O)Nc1ccc2ccccc2c1)c1cccs1. The van der Waals surface area contributed by atoms with Gasteiger partial charge >= 0.3 is 0 Å². The maximum atomic E-state index is 13.0. The lowest BCUT2D eigenvalue weighted by molar-refractivity contribution is -0.118. The third-order valence-electron chi connectivity index (χ3n) is 4.67. The van der Waals surface area contributed by atoms with Crippen molar-refractivity contribution in [3.63, 3.8) is 0 Å². The summed E-state index contributed by atoms with van der Waals surface area (Å²) in [5.41, 5.74) is 1.69. The molecule has 0 spiro atoms. The molecule has 0 aliphatic rings. The van der Waals surface area contributed by atoms with Gasteiger partial charge in [-0.25, -0.2) is 0 Å². The summed E-state index contributed by atoms with van der Waals surface area (Å²) < 4.78 is 0. The molecule has 0 radical (unpaired) electrons. The van der Waals surface area contributed by atoms with Gasteiger partial charge < -0.3 is 10.6 Å². The summed E-state index contributed by atoms with van der Waals surface area (Å²) in [6.07, 6.45) is 0.414. The van der Waals surface area contributed by atoms with Crippen LogP contribution < -0.4 is 10.6 Å². The van der Waals surface area contributed by atoms with Crippen LogP contribution in [0.5, 0.6) is 0 Å². The van der Waals surface area contributed by atoms with Crippen LogP contribution in [-0.2, 0) is 11.2 Å². The van der Waals surface area contributed by atoms with E-state index in [2.05, 4.69) is 10.6 Å².